The van der Waals surface area contributed by atoms with E-state index >= 15 is 0 Å². The van der Waals surface area contributed by atoms with Gasteiger partial charge >= 0.3 is 0 Å². The van der Waals surface area contributed by atoms with E-state index in [4.69, 9.17) is 11.7 Å². The van der Waals surface area contributed by atoms with Gasteiger partial charge in [-0.1, -0.05) is 23.5 Å². The first-order valence-corrected chi connectivity index (χ1v) is 6.80. The lowest BCUT2D eigenvalue weighted by Gasteiger charge is -2.00. The topological polar surface area (TPSA) is 113 Å². The molecule has 2 heterocycles. The molecule has 4 N–H and O–H groups in total. The summed E-state index contributed by atoms with van der Waals surface area (Å²) in [6.07, 6.45) is 3.96. The van der Waals surface area contributed by atoms with Crippen molar-refractivity contribution in [3.63, 3.8) is 0 Å². The molecule has 2 aromatic heterocycles. The first-order chi connectivity index (χ1) is 8.27. The molecule has 0 saturated heterocycles. The summed E-state index contributed by atoms with van der Waals surface area (Å²) in [6.45, 7) is 0. The van der Waals surface area contributed by atoms with Gasteiger partial charge in [-0.25, -0.2) is 9.35 Å². The predicted octanol–water partition coefficient (Wildman–Crippen LogP) is -0.428. The summed E-state index contributed by atoms with van der Waals surface area (Å²) in [4.78, 5) is 0. The lowest BCUT2D eigenvalue weighted by Crippen LogP contribution is -2.08. The standard InChI is InChI=1S/C7H12N8S2/c8-14-4-10-12-6(14)16-2-1-3-17-7-13-11-5-15(7)9/h4-5H,1-3,8-9H2. The molecule has 0 amide bonds. The van der Waals surface area contributed by atoms with Crippen LogP contribution in [0.5, 0.6) is 0 Å². The minimum Gasteiger partial charge on any atom is -0.336 e. The van der Waals surface area contributed by atoms with Crippen LogP contribution in [0.15, 0.2) is 23.0 Å². The van der Waals surface area contributed by atoms with Gasteiger partial charge in [0.25, 0.3) is 0 Å². The molecule has 0 fully saturated rings. The van der Waals surface area contributed by atoms with Crippen molar-refractivity contribution >= 4 is 23.5 Å². The Morgan fingerprint density at radius 2 is 1.41 bits per heavy atom. The number of aromatic nitrogens is 6. The molecule has 0 aliphatic rings. The van der Waals surface area contributed by atoms with Crippen LogP contribution >= 0.6 is 23.5 Å². The summed E-state index contributed by atoms with van der Waals surface area (Å²) >= 11 is 3.14. The molecule has 2 rings (SSSR count). The van der Waals surface area contributed by atoms with Crippen LogP contribution < -0.4 is 11.7 Å². The van der Waals surface area contributed by atoms with Crippen molar-refractivity contribution in [2.45, 2.75) is 16.7 Å². The monoisotopic (exact) mass is 272 g/mol. The summed E-state index contributed by atoms with van der Waals surface area (Å²) in [5.74, 6) is 13.0. The van der Waals surface area contributed by atoms with E-state index in [1.54, 1.807) is 23.5 Å². The maximum absolute atomic E-state index is 5.58. The molecule has 2 aromatic rings. The van der Waals surface area contributed by atoms with Gasteiger partial charge in [0.2, 0.25) is 10.3 Å². The number of nitrogens with zero attached hydrogens (tertiary/aromatic N) is 6. The highest BCUT2D eigenvalue weighted by Gasteiger charge is 2.03. The Morgan fingerprint density at radius 1 is 0.941 bits per heavy atom. The van der Waals surface area contributed by atoms with Crippen LogP contribution in [0.3, 0.4) is 0 Å². The van der Waals surface area contributed by atoms with Crippen LogP contribution in [0.2, 0.25) is 0 Å². The Balaban J connectivity index is 1.64. The normalized spacial score (nSPS) is 10.8. The van der Waals surface area contributed by atoms with Crippen LogP contribution in [-0.2, 0) is 0 Å². The average Bonchev–Trinajstić information content (AvgIpc) is 2.89. The average molecular weight is 272 g/mol. The largest absolute Gasteiger partial charge is 0.336 e. The summed E-state index contributed by atoms with van der Waals surface area (Å²) in [5.41, 5.74) is 0. The summed E-state index contributed by atoms with van der Waals surface area (Å²) in [7, 11) is 0. The molecule has 17 heavy (non-hydrogen) atoms. The van der Waals surface area contributed by atoms with Crippen molar-refractivity contribution in [3.05, 3.63) is 12.7 Å². The fraction of sp³-hybridized carbons (Fsp3) is 0.429. The number of hydrogen-bond donors (Lipinski definition) is 2. The van der Waals surface area contributed by atoms with Gasteiger partial charge in [0, 0.05) is 11.5 Å². The Labute approximate surface area is 106 Å². The molecule has 0 spiro atoms. The number of thioether (sulfide) groups is 2. The van der Waals surface area contributed by atoms with Crippen molar-refractivity contribution < 1.29 is 0 Å². The van der Waals surface area contributed by atoms with E-state index in [0.717, 1.165) is 28.2 Å². The molecule has 8 nitrogen and oxygen atoms in total. The lowest BCUT2D eigenvalue weighted by atomic mass is 10.6. The van der Waals surface area contributed by atoms with E-state index in [1.807, 2.05) is 0 Å². The highest BCUT2D eigenvalue weighted by molar-refractivity contribution is 8.00. The molecular formula is C7H12N8S2. The van der Waals surface area contributed by atoms with E-state index in [1.165, 1.54) is 22.0 Å². The molecule has 10 heteroatoms. The first-order valence-electron chi connectivity index (χ1n) is 4.83. The summed E-state index contributed by atoms with van der Waals surface area (Å²) < 4.78 is 2.82. The minimum atomic E-state index is 0.719. The predicted molar refractivity (Wildman–Crippen MR) is 66.4 cm³/mol. The van der Waals surface area contributed by atoms with Crippen LogP contribution in [0.4, 0.5) is 0 Å². The highest BCUT2D eigenvalue weighted by atomic mass is 32.2. The highest BCUT2D eigenvalue weighted by Crippen LogP contribution is 2.18. The molecule has 0 aliphatic carbocycles. The van der Waals surface area contributed by atoms with Gasteiger partial charge in [-0.15, -0.1) is 20.4 Å². The zero-order valence-electron chi connectivity index (χ0n) is 8.93. The maximum atomic E-state index is 5.58. The Morgan fingerprint density at radius 3 is 1.76 bits per heavy atom. The molecule has 0 aromatic carbocycles. The van der Waals surface area contributed by atoms with Gasteiger partial charge in [-0.3, -0.25) is 0 Å². The minimum absolute atomic E-state index is 0.719. The SMILES string of the molecule is Nn1cnnc1SCCCSc1nncn1N. The van der Waals surface area contributed by atoms with E-state index in [2.05, 4.69) is 20.4 Å². The third kappa shape index (κ3) is 3.27. The van der Waals surface area contributed by atoms with Gasteiger partial charge in [0.05, 0.1) is 0 Å². The van der Waals surface area contributed by atoms with Crippen LogP contribution in [0.25, 0.3) is 0 Å². The van der Waals surface area contributed by atoms with Crippen LogP contribution in [0.1, 0.15) is 6.42 Å². The van der Waals surface area contributed by atoms with Gasteiger partial charge in [0.15, 0.2) is 0 Å². The fourth-order valence-corrected chi connectivity index (χ4v) is 2.78. The van der Waals surface area contributed by atoms with E-state index in [-0.39, 0.29) is 0 Å². The first kappa shape index (κ1) is 12.0. The Hall–Kier alpha value is -1.42. The third-order valence-corrected chi connectivity index (χ3v) is 3.92. The van der Waals surface area contributed by atoms with Crippen molar-refractivity contribution in [3.8, 4) is 0 Å². The molecule has 0 aliphatic heterocycles. The number of nitrogens with two attached hydrogens (primary N) is 2. The Bertz CT molecular complexity index is 424. The molecule has 0 radical (unpaired) electrons. The van der Waals surface area contributed by atoms with E-state index in [9.17, 15) is 0 Å². The van der Waals surface area contributed by atoms with Crippen LogP contribution in [-0.4, -0.2) is 41.3 Å². The number of nitrogen functional groups attached to an aromatic ring is 2. The van der Waals surface area contributed by atoms with Gasteiger partial charge in [0.1, 0.15) is 12.7 Å². The van der Waals surface area contributed by atoms with Crippen molar-refractivity contribution in [1.82, 2.24) is 29.7 Å². The zero-order valence-corrected chi connectivity index (χ0v) is 10.6. The second-order valence-corrected chi connectivity index (χ2v) is 5.22. The second kappa shape index (κ2) is 5.77. The van der Waals surface area contributed by atoms with E-state index < -0.39 is 0 Å². The van der Waals surface area contributed by atoms with Crippen molar-refractivity contribution in [2.24, 2.45) is 0 Å². The number of rotatable bonds is 6. The maximum Gasteiger partial charge on any atom is 0.209 e. The number of hydrogen-bond acceptors (Lipinski definition) is 8. The fourth-order valence-electron chi connectivity index (χ4n) is 1.06. The molecule has 0 saturated carbocycles. The van der Waals surface area contributed by atoms with Gasteiger partial charge in [-0.2, -0.15) is 0 Å². The smallest absolute Gasteiger partial charge is 0.209 e. The van der Waals surface area contributed by atoms with Gasteiger partial charge < -0.3 is 11.7 Å². The molecule has 0 unspecified atom stereocenters. The lowest BCUT2D eigenvalue weighted by molar-refractivity contribution is 0.841. The second-order valence-electron chi connectivity index (χ2n) is 3.09. The summed E-state index contributed by atoms with van der Waals surface area (Å²) in [5, 5.41) is 16.6. The summed E-state index contributed by atoms with van der Waals surface area (Å²) in [6, 6.07) is 0. The van der Waals surface area contributed by atoms with E-state index in [0.29, 0.717) is 0 Å². The zero-order chi connectivity index (χ0) is 12.1. The quantitative estimate of drug-likeness (QED) is 0.414. The van der Waals surface area contributed by atoms with Gasteiger partial charge in [-0.05, 0) is 6.42 Å². The van der Waals surface area contributed by atoms with Crippen molar-refractivity contribution in [1.29, 1.82) is 0 Å². The molecule has 0 bridgehead atoms. The third-order valence-electron chi connectivity index (χ3n) is 1.83. The van der Waals surface area contributed by atoms with Crippen molar-refractivity contribution in [2.75, 3.05) is 23.2 Å². The Kier molecular flexibility index (Phi) is 4.09. The molecule has 0 atom stereocenters. The molecule has 92 valence electrons. The van der Waals surface area contributed by atoms with Crippen LogP contribution in [0, 0.1) is 0 Å². The molecular weight excluding hydrogens is 260 g/mol.